The van der Waals surface area contributed by atoms with Crippen LogP contribution in [-0.4, -0.2) is 16.1 Å². The summed E-state index contributed by atoms with van der Waals surface area (Å²) in [7, 11) is 0. The number of carbonyl (C=O) groups excluding carboxylic acids is 1. The highest BCUT2D eigenvalue weighted by molar-refractivity contribution is 6.35. The molecule has 0 saturated heterocycles. The van der Waals surface area contributed by atoms with Crippen molar-refractivity contribution in [1.29, 1.82) is 0 Å². The molecule has 2 aromatic carbocycles. The highest BCUT2D eigenvalue weighted by atomic mass is 35.5. The molecule has 1 amide bonds. The van der Waals surface area contributed by atoms with Gasteiger partial charge in [-0.2, -0.15) is 5.10 Å². The molecular formula is C19H15Cl4N3O2. The van der Waals surface area contributed by atoms with E-state index in [0.29, 0.717) is 43.0 Å². The fourth-order valence-electron chi connectivity index (χ4n) is 2.51. The number of nitrogens with one attached hydrogen (secondary N) is 2. The maximum atomic E-state index is 12.4. The van der Waals surface area contributed by atoms with Crippen molar-refractivity contribution in [2.45, 2.75) is 19.9 Å². The highest BCUT2D eigenvalue weighted by Gasteiger charge is 2.16. The number of amides is 1. The lowest BCUT2D eigenvalue weighted by Crippen LogP contribution is -2.25. The van der Waals surface area contributed by atoms with E-state index in [9.17, 15) is 4.79 Å². The van der Waals surface area contributed by atoms with Crippen molar-refractivity contribution in [2.24, 2.45) is 0 Å². The Bertz CT molecular complexity index is 1000. The number of carbonyl (C=O) groups is 1. The fraction of sp³-hybridized carbons (Fsp3) is 0.158. The molecule has 0 saturated carbocycles. The first kappa shape index (κ1) is 20.8. The van der Waals surface area contributed by atoms with Gasteiger partial charge >= 0.3 is 0 Å². The Hall–Kier alpha value is -1.92. The van der Waals surface area contributed by atoms with Gasteiger partial charge in [0.05, 0.1) is 12.1 Å². The van der Waals surface area contributed by atoms with Gasteiger partial charge in [0.1, 0.15) is 11.4 Å². The van der Waals surface area contributed by atoms with Crippen LogP contribution in [0.5, 0.6) is 11.5 Å². The SMILES string of the molecule is Cc1n[nH]c(CC(=O)NCc2ccc(Cl)cc2Cl)c1Oc1cc(Cl)cc(Cl)c1. The second kappa shape index (κ2) is 9.05. The van der Waals surface area contributed by atoms with Crippen molar-refractivity contribution >= 4 is 52.3 Å². The van der Waals surface area contributed by atoms with Crippen molar-refractivity contribution in [3.05, 3.63) is 73.4 Å². The van der Waals surface area contributed by atoms with Crippen LogP contribution >= 0.6 is 46.4 Å². The van der Waals surface area contributed by atoms with E-state index in [1.807, 2.05) is 0 Å². The van der Waals surface area contributed by atoms with Crippen LogP contribution in [0.15, 0.2) is 36.4 Å². The highest BCUT2D eigenvalue weighted by Crippen LogP contribution is 2.31. The topological polar surface area (TPSA) is 67.0 Å². The van der Waals surface area contributed by atoms with E-state index < -0.39 is 0 Å². The zero-order valence-corrected chi connectivity index (χ0v) is 17.7. The van der Waals surface area contributed by atoms with E-state index in [1.54, 1.807) is 43.3 Å². The van der Waals surface area contributed by atoms with Crippen molar-refractivity contribution in [3.63, 3.8) is 0 Å². The van der Waals surface area contributed by atoms with E-state index >= 15 is 0 Å². The van der Waals surface area contributed by atoms with Crippen LogP contribution in [0, 0.1) is 6.92 Å². The normalized spacial score (nSPS) is 10.8. The Labute approximate surface area is 181 Å². The van der Waals surface area contributed by atoms with Gasteiger partial charge in [-0.15, -0.1) is 0 Å². The van der Waals surface area contributed by atoms with Crippen LogP contribution in [0.4, 0.5) is 0 Å². The van der Waals surface area contributed by atoms with Gasteiger partial charge in [-0.3, -0.25) is 9.89 Å². The summed E-state index contributed by atoms with van der Waals surface area (Å²) in [5.74, 6) is 0.693. The van der Waals surface area contributed by atoms with Gasteiger partial charge in [-0.25, -0.2) is 0 Å². The van der Waals surface area contributed by atoms with E-state index in [2.05, 4.69) is 15.5 Å². The van der Waals surface area contributed by atoms with Crippen LogP contribution in [-0.2, 0) is 17.8 Å². The number of aryl methyl sites for hydroxylation is 1. The Kier molecular flexibility index (Phi) is 6.73. The average Bonchev–Trinajstić information content (AvgIpc) is 2.93. The largest absolute Gasteiger partial charge is 0.453 e. The second-order valence-electron chi connectivity index (χ2n) is 6.01. The third-order valence-electron chi connectivity index (χ3n) is 3.85. The van der Waals surface area contributed by atoms with Gasteiger partial charge in [0.2, 0.25) is 5.91 Å². The summed E-state index contributed by atoms with van der Waals surface area (Å²) in [4.78, 5) is 12.4. The van der Waals surface area contributed by atoms with Crippen molar-refractivity contribution in [1.82, 2.24) is 15.5 Å². The predicted octanol–water partition coefficient (Wildman–Crippen LogP) is 5.98. The Morgan fingerprint density at radius 1 is 1.07 bits per heavy atom. The first-order valence-corrected chi connectivity index (χ1v) is 9.71. The molecule has 0 atom stereocenters. The molecule has 28 heavy (non-hydrogen) atoms. The maximum absolute atomic E-state index is 12.4. The molecule has 0 unspecified atom stereocenters. The number of rotatable bonds is 6. The number of ether oxygens (including phenoxy) is 1. The quantitative estimate of drug-likeness (QED) is 0.477. The number of halogens is 4. The molecule has 0 aliphatic carbocycles. The number of benzene rings is 2. The van der Waals surface area contributed by atoms with Gasteiger partial charge in [0.15, 0.2) is 5.75 Å². The van der Waals surface area contributed by atoms with Crippen LogP contribution in [0.2, 0.25) is 20.1 Å². The molecule has 3 aromatic rings. The lowest BCUT2D eigenvalue weighted by atomic mass is 10.2. The zero-order chi connectivity index (χ0) is 20.3. The summed E-state index contributed by atoms with van der Waals surface area (Å²) in [5, 5.41) is 11.7. The molecular weight excluding hydrogens is 444 g/mol. The molecule has 0 bridgehead atoms. The molecule has 0 radical (unpaired) electrons. The number of aromatic amines is 1. The fourth-order valence-corrected chi connectivity index (χ4v) is 3.50. The minimum Gasteiger partial charge on any atom is -0.453 e. The molecule has 0 aliphatic heterocycles. The van der Waals surface area contributed by atoms with Gasteiger partial charge in [0, 0.05) is 26.6 Å². The van der Waals surface area contributed by atoms with Gasteiger partial charge in [-0.05, 0) is 42.8 Å². The summed E-state index contributed by atoms with van der Waals surface area (Å²) in [6.45, 7) is 2.05. The summed E-state index contributed by atoms with van der Waals surface area (Å²) in [6.07, 6.45) is 0.0513. The average molecular weight is 459 g/mol. The van der Waals surface area contributed by atoms with Gasteiger partial charge < -0.3 is 10.1 Å². The Morgan fingerprint density at radius 2 is 1.79 bits per heavy atom. The molecule has 0 fully saturated rings. The minimum absolute atomic E-state index is 0.0513. The molecule has 5 nitrogen and oxygen atoms in total. The molecule has 0 spiro atoms. The summed E-state index contributed by atoms with van der Waals surface area (Å²) < 4.78 is 5.86. The third kappa shape index (κ3) is 5.32. The smallest absolute Gasteiger partial charge is 0.226 e. The lowest BCUT2D eigenvalue weighted by Gasteiger charge is -2.10. The number of H-pyrrole nitrogens is 1. The third-order valence-corrected chi connectivity index (χ3v) is 4.87. The maximum Gasteiger partial charge on any atom is 0.226 e. The summed E-state index contributed by atoms with van der Waals surface area (Å²) >= 11 is 24.0. The predicted molar refractivity (Wildman–Crippen MR) is 112 cm³/mol. The van der Waals surface area contributed by atoms with Crippen molar-refractivity contribution < 1.29 is 9.53 Å². The Morgan fingerprint density at radius 3 is 2.46 bits per heavy atom. The first-order valence-electron chi connectivity index (χ1n) is 8.20. The van der Waals surface area contributed by atoms with Crippen LogP contribution < -0.4 is 10.1 Å². The first-order chi connectivity index (χ1) is 13.3. The Balaban J connectivity index is 1.68. The van der Waals surface area contributed by atoms with Crippen LogP contribution in [0.3, 0.4) is 0 Å². The molecule has 9 heteroatoms. The van der Waals surface area contributed by atoms with Gasteiger partial charge in [0.25, 0.3) is 0 Å². The summed E-state index contributed by atoms with van der Waals surface area (Å²) in [6, 6.07) is 9.98. The zero-order valence-electron chi connectivity index (χ0n) is 14.7. The van der Waals surface area contributed by atoms with E-state index in [-0.39, 0.29) is 18.9 Å². The number of nitrogens with zero attached hydrogens (tertiary/aromatic N) is 1. The van der Waals surface area contributed by atoms with E-state index in [4.69, 9.17) is 51.1 Å². The van der Waals surface area contributed by atoms with E-state index in [1.165, 1.54) is 0 Å². The van der Waals surface area contributed by atoms with Crippen molar-refractivity contribution in [3.8, 4) is 11.5 Å². The minimum atomic E-state index is -0.219. The number of aromatic nitrogens is 2. The molecule has 1 heterocycles. The van der Waals surface area contributed by atoms with E-state index in [0.717, 1.165) is 5.56 Å². The van der Waals surface area contributed by atoms with Gasteiger partial charge in [-0.1, -0.05) is 52.5 Å². The van der Waals surface area contributed by atoms with Crippen LogP contribution in [0.25, 0.3) is 0 Å². The number of hydrogen-bond donors (Lipinski definition) is 2. The monoisotopic (exact) mass is 457 g/mol. The molecule has 146 valence electrons. The molecule has 3 rings (SSSR count). The van der Waals surface area contributed by atoms with Crippen molar-refractivity contribution in [2.75, 3.05) is 0 Å². The lowest BCUT2D eigenvalue weighted by molar-refractivity contribution is -0.120. The second-order valence-corrected chi connectivity index (χ2v) is 7.73. The summed E-state index contributed by atoms with van der Waals surface area (Å²) in [5.41, 5.74) is 1.91. The standard InChI is InChI=1S/C19H15Cl4N3O2/c1-10-19(28-15-5-13(21)4-14(22)6-15)17(26-25-10)8-18(27)24-9-11-2-3-12(20)7-16(11)23/h2-7H,8-9H2,1H3,(H,24,27)(H,25,26). The molecule has 2 N–H and O–H groups in total. The number of hydrogen-bond acceptors (Lipinski definition) is 3. The molecule has 1 aromatic heterocycles. The molecule has 0 aliphatic rings. The van der Waals surface area contributed by atoms with Crippen LogP contribution in [0.1, 0.15) is 17.0 Å².